The van der Waals surface area contributed by atoms with Gasteiger partial charge in [-0.25, -0.2) is 0 Å². The summed E-state index contributed by atoms with van der Waals surface area (Å²) >= 11 is 0. The molecule has 2 aromatic rings. The highest BCUT2D eigenvalue weighted by molar-refractivity contribution is 5.40. The summed E-state index contributed by atoms with van der Waals surface area (Å²) in [5.41, 5.74) is 1.45. The second-order valence-electron chi connectivity index (χ2n) is 4.37. The Kier molecular flexibility index (Phi) is 4.98. The van der Waals surface area contributed by atoms with Gasteiger partial charge in [0.2, 0.25) is 0 Å². The van der Waals surface area contributed by atoms with E-state index in [4.69, 9.17) is 9.47 Å². The molecule has 106 valence electrons. The lowest BCUT2D eigenvalue weighted by atomic mass is 10.1. The molecule has 0 aliphatic carbocycles. The Bertz CT molecular complexity index is 539. The Balaban J connectivity index is 2.06. The van der Waals surface area contributed by atoms with Gasteiger partial charge in [0.15, 0.2) is 0 Å². The molecule has 0 amide bonds. The van der Waals surface area contributed by atoms with E-state index in [2.05, 4.69) is 0 Å². The Morgan fingerprint density at radius 2 is 1.85 bits per heavy atom. The number of hydrogen-bond acceptors (Lipinski definition) is 4. The Morgan fingerprint density at radius 1 is 1.10 bits per heavy atom. The van der Waals surface area contributed by atoms with Gasteiger partial charge in [-0.1, -0.05) is 30.3 Å². The summed E-state index contributed by atoms with van der Waals surface area (Å²) in [4.78, 5) is 0. The normalized spacial score (nSPS) is 11.9. The Labute approximate surface area is 118 Å². The van der Waals surface area contributed by atoms with Crippen LogP contribution in [0.5, 0.6) is 11.5 Å². The van der Waals surface area contributed by atoms with Crippen LogP contribution in [-0.4, -0.2) is 23.9 Å². The van der Waals surface area contributed by atoms with Crippen molar-refractivity contribution >= 4 is 0 Å². The molecule has 1 atom stereocenters. The van der Waals surface area contributed by atoms with Gasteiger partial charge in [0.1, 0.15) is 24.2 Å². The SMILES string of the molecule is COc1ccc(CO)c(OCC(O)c2ccccc2)c1. The van der Waals surface area contributed by atoms with Crippen molar-refractivity contribution in [3.05, 3.63) is 59.7 Å². The number of hydrogen-bond donors (Lipinski definition) is 2. The van der Waals surface area contributed by atoms with Crippen molar-refractivity contribution in [2.45, 2.75) is 12.7 Å². The molecule has 1 unspecified atom stereocenters. The third-order valence-corrected chi connectivity index (χ3v) is 3.03. The maximum atomic E-state index is 10.1. The van der Waals surface area contributed by atoms with Crippen LogP contribution < -0.4 is 9.47 Å². The summed E-state index contributed by atoms with van der Waals surface area (Å²) in [5, 5.41) is 19.3. The highest BCUT2D eigenvalue weighted by Crippen LogP contribution is 2.26. The molecule has 0 aromatic heterocycles. The van der Waals surface area contributed by atoms with E-state index in [9.17, 15) is 10.2 Å². The molecule has 2 aromatic carbocycles. The van der Waals surface area contributed by atoms with Crippen LogP contribution in [0, 0.1) is 0 Å². The lowest BCUT2D eigenvalue weighted by Crippen LogP contribution is -2.10. The third kappa shape index (κ3) is 3.50. The summed E-state index contributed by atoms with van der Waals surface area (Å²) in [6.45, 7) is -0.00899. The van der Waals surface area contributed by atoms with Gasteiger partial charge in [0.05, 0.1) is 13.7 Å². The molecule has 0 spiro atoms. The predicted molar refractivity (Wildman–Crippen MR) is 75.8 cm³/mol. The molecule has 4 heteroatoms. The van der Waals surface area contributed by atoms with E-state index >= 15 is 0 Å². The van der Waals surface area contributed by atoms with Gasteiger partial charge in [-0.05, 0) is 17.7 Å². The molecule has 0 fully saturated rings. The zero-order chi connectivity index (χ0) is 14.4. The van der Waals surface area contributed by atoms with Gasteiger partial charge < -0.3 is 19.7 Å². The molecule has 20 heavy (non-hydrogen) atoms. The van der Waals surface area contributed by atoms with Crippen molar-refractivity contribution in [2.75, 3.05) is 13.7 Å². The quantitative estimate of drug-likeness (QED) is 0.848. The van der Waals surface area contributed by atoms with Gasteiger partial charge in [-0.3, -0.25) is 0 Å². The lowest BCUT2D eigenvalue weighted by molar-refractivity contribution is 0.106. The van der Waals surface area contributed by atoms with E-state index in [1.165, 1.54) is 0 Å². The molecule has 2 rings (SSSR count). The topological polar surface area (TPSA) is 58.9 Å². The zero-order valence-corrected chi connectivity index (χ0v) is 11.3. The minimum atomic E-state index is -0.714. The van der Waals surface area contributed by atoms with Crippen molar-refractivity contribution < 1.29 is 19.7 Å². The van der Waals surface area contributed by atoms with Gasteiger partial charge >= 0.3 is 0 Å². The van der Waals surface area contributed by atoms with Crippen molar-refractivity contribution in [1.82, 2.24) is 0 Å². The minimum Gasteiger partial charge on any atom is -0.497 e. The van der Waals surface area contributed by atoms with E-state index in [-0.39, 0.29) is 13.2 Å². The number of ether oxygens (including phenoxy) is 2. The monoisotopic (exact) mass is 274 g/mol. The van der Waals surface area contributed by atoms with Crippen molar-refractivity contribution in [3.63, 3.8) is 0 Å². The smallest absolute Gasteiger partial charge is 0.128 e. The third-order valence-electron chi connectivity index (χ3n) is 3.03. The van der Waals surface area contributed by atoms with Gasteiger partial charge in [-0.2, -0.15) is 0 Å². The summed E-state index contributed by atoms with van der Waals surface area (Å²) in [6.07, 6.45) is -0.714. The van der Waals surface area contributed by atoms with Gasteiger partial charge in [0, 0.05) is 11.6 Å². The minimum absolute atomic E-state index is 0.115. The first-order valence-electron chi connectivity index (χ1n) is 6.38. The number of rotatable bonds is 6. The van der Waals surface area contributed by atoms with Crippen LogP contribution in [-0.2, 0) is 6.61 Å². The second kappa shape index (κ2) is 6.93. The van der Waals surface area contributed by atoms with E-state index in [1.54, 1.807) is 25.3 Å². The average molecular weight is 274 g/mol. The molecule has 0 aliphatic rings. The second-order valence-corrected chi connectivity index (χ2v) is 4.37. The summed E-state index contributed by atoms with van der Waals surface area (Å²) in [5.74, 6) is 1.16. The first-order chi connectivity index (χ1) is 9.74. The molecule has 0 heterocycles. The molecule has 0 radical (unpaired) electrons. The van der Waals surface area contributed by atoms with Crippen LogP contribution in [0.4, 0.5) is 0 Å². The van der Waals surface area contributed by atoms with Gasteiger partial charge in [0.25, 0.3) is 0 Å². The van der Waals surface area contributed by atoms with Crippen LogP contribution in [0.25, 0.3) is 0 Å². The van der Waals surface area contributed by atoms with Crippen LogP contribution in [0.15, 0.2) is 48.5 Å². The van der Waals surface area contributed by atoms with E-state index in [0.29, 0.717) is 17.1 Å². The van der Waals surface area contributed by atoms with Crippen LogP contribution >= 0.6 is 0 Å². The zero-order valence-electron chi connectivity index (χ0n) is 11.3. The van der Waals surface area contributed by atoms with Crippen LogP contribution in [0.2, 0.25) is 0 Å². The molecular formula is C16H18O4. The van der Waals surface area contributed by atoms with Crippen molar-refractivity contribution in [3.8, 4) is 11.5 Å². The fourth-order valence-corrected chi connectivity index (χ4v) is 1.87. The fourth-order valence-electron chi connectivity index (χ4n) is 1.87. The van der Waals surface area contributed by atoms with E-state index < -0.39 is 6.10 Å². The first kappa shape index (κ1) is 14.4. The van der Waals surface area contributed by atoms with E-state index in [0.717, 1.165) is 5.56 Å². The molecule has 4 nitrogen and oxygen atoms in total. The number of methoxy groups -OCH3 is 1. The Morgan fingerprint density at radius 3 is 2.50 bits per heavy atom. The van der Waals surface area contributed by atoms with Crippen LogP contribution in [0.3, 0.4) is 0 Å². The molecule has 0 saturated carbocycles. The largest absolute Gasteiger partial charge is 0.497 e. The standard InChI is InChI=1S/C16H18O4/c1-19-14-8-7-13(10-17)16(9-14)20-11-15(18)12-5-3-2-4-6-12/h2-9,15,17-18H,10-11H2,1H3. The number of aliphatic hydroxyl groups is 2. The van der Waals surface area contributed by atoms with Crippen LogP contribution in [0.1, 0.15) is 17.2 Å². The number of aliphatic hydroxyl groups excluding tert-OH is 2. The lowest BCUT2D eigenvalue weighted by Gasteiger charge is -2.15. The maximum Gasteiger partial charge on any atom is 0.128 e. The average Bonchev–Trinajstić information content (AvgIpc) is 2.53. The predicted octanol–water partition coefficient (Wildman–Crippen LogP) is 2.30. The van der Waals surface area contributed by atoms with Gasteiger partial charge in [-0.15, -0.1) is 0 Å². The maximum absolute atomic E-state index is 10.1. The molecular weight excluding hydrogens is 256 g/mol. The summed E-state index contributed by atoms with van der Waals surface area (Å²) in [7, 11) is 1.57. The molecule has 0 bridgehead atoms. The fraction of sp³-hybridized carbons (Fsp3) is 0.250. The summed E-state index contributed by atoms with van der Waals surface area (Å²) < 4.78 is 10.7. The molecule has 2 N–H and O–H groups in total. The summed E-state index contributed by atoms with van der Waals surface area (Å²) in [6, 6.07) is 14.5. The molecule has 0 aliphatic heterocycles. The highest BCUT2D eigenvalue weighted by atomic mass is 16.5. The van der Waals surface area contributed by atoms with Crippen molar-refractivity contribution in [1.29, 1.82) is 0 Å². The van der Waals surface area contributed by atoms with Crippen molar-refractivity contribution in [2.24, 2.45) is 0 Å². The Hall–Kier alpha value is -2.04. The first-order valence-corrected chi connectivity index (χ1v) is 6.38. The highest BCUT2D eigenvalue weighted by Gasteiger charge is 2.10. The van der Waals surface area contributed by atoms with E-state index in [1.807, 2.05) is 30.3 Å². The number of benzene rings is 2. The molecule has 0 saturated heterocycles.